The molecule has 2 aromatic rings. The van der Waals surface area contributed by atoms with Gasteiger partial charge in [-0.2, -0.15) is 0 Å². The topological polar surface area (TPSA) is 108 Å². The molecule has 0 bridgehead atoms. The van der Waals surface area contributed by atoms with Crippen LogP contribution >= 0.6 is 0 Å². The standard InChI is InChI=1S/C27H35N3O5/c1-17-10-8-11-18(2)23(17)29-25(33)24(20-14-6-7-15-21(20)31)30(19-12-9-13-19)22(32)16-28-26(34)35-27(3,4)5/h6-8,10-11,14-15,19,24,31H,9,12-13,16H2,1-5H3,(H,28,34)(H,29,33). The van der Waals surface area contributed by atoms with Crippen molar-refractivity contribution in [2.24, 2.45) is 0 Å². The van der Waals surface area contributed by atoms with E-state index in [-0.39, 0.29) is 18.3 Å². The number of nitrogens with one attached hydrogen (secondary N) is 2. The van der Waals surface area contributed by atoms with Gasteiger partial charge in [-0.25, -0.2) is 4.79 Å². The second kappa shape index (κ2) is 10.8. The van der Waals surface area contributed by atoms with E-state index in [1.165, 1.54) is 11.0 Å². The van der Waals surface area contributed by atoms with E-state index in [0.717, 1.165) is 30.4 Å². The summed E-state index contributed by atoms with van der Waals surface area (Å²) in [5.74, 6) is -0.932. The highest BCUT2D eigenvalue weighted by Crippen LogP contribution is 2.37. The second-order valence-corrected chi connectivity index (χ2v) is 9.96. The molecule has 3 amide bonds. The van der Waals surface area contributed by atoms with Gasteiger partial charge in [-0.1, -0.05) is 36.4 Å². The molecular formula is C27H35N3O5. The number of hydrogen-bond donors (Lipinski definition) is 3. The maximum atomic E-state index is 13.8. The van der Waals surface area contributed by atoms with Gasteiger partial charge in [-0.3, -0.25) is 9.59 Å². The average molecular weight is 482 g/mol. The Hall–Kier alpha value is -3.55. The summed E-state index contributed by atoms with van der Waals surface area (Å²) in [6.45, 7) is 8.68. The van der Waals surface area contributed by atoms with Crippen LogP contribution in [-0.2, 0) is 14.3 Å². The molecule has 2 aromatic carbocycles. The Morgan fingerprint density at radius 3 is 2.23 bits per heavy atom. The van der Waals surface area contributed by atoms with Gasteiger partial charge >= 0.3 is 6.09 Å². The molecule has 3 N–H and O–H groups in total. The number of alkyl carbamates (subject to hydrolysis) is 1. The summed E-state index contributed by atoms with van der Waals surface area (Å²) < 4.78 is 5.25. The number of carbonyl (C=O) groups is 3. The molecule has 1 aliphatic carbocycles. The van der Waals surface area contributed by atoms with E-state index in [1.807, 2.05) is 32.0 Å². The molecule has 1 fully saturated rings. The molecular weight excluding hydrogens is 446 g/mol. The molecule has 0 aliphatic heterocycles. The number of phenolic OH excluding ortho intramolecular Hbond substituents is 1. The number of amides is 3. The summed E-state index contributed by atoms with van der Waals surface area (Å²) >= 11 is 0. The fourth-order valence-electron chi connectivity index (χ4n) is 4.12. The summed E-state index contributed by atoms with van der Waals surface area (Å²) in [5, 5.41) is 16.1. The summed E-state index contributed by atoms with van der Waals surface area (Å²) in [4.78, 5) is 40.9. The van der Waals surface area contributed by atoms with Gasteiger partial charge in [0.2, 0.25) is 5.91 Å². The van der Waals surface area contributed by atoms with Crippen LogP contribution in [-0.4, -0.2) is 46.1 Å². The van der Waals surface area contributed by atoms with Crippen molar-refractivity contribution in [1.82, 2.24) is 10.2 Å². The number of rotatable bonds is 7. The number of anilines is 1. The number of para-hydroxylation sites is 2. The first kappa shape index (κ1) is 26.1. The van der Waals surface area contributed by atoms with Crippen molar-refractivity contribution in [3.8, 4) is 5.75 Å². The third kappa shape index (κ3) is 6.53. The van der Waals surface area contributed by atoms with Gasteiger partial charge in [0.05, 0.1) is 0 Å². The largest absolute Gasteiger partial charge is 0.508 e. The van der Waals surface area contributed by atoms with Crippen LogP contribution < -0.4 is 10.6 Å². The van der Waals surface area contributed by atoms with E-state index in [0.29, 0.717) is 11.3 Å². The predicted octanol–water partition coefficient (Wildman–Crippen LogP) is 4.59. The number of aryl methyl sites for hydroxylation is 2. The number of carbonyl (C=O) groups excluding carboxylic acids is 3. The SMILES string of the molecule is Cc1cccc(C)c1NC(=O)C(c1ccccc1O)N(C(=O)CNC(=O)OC(C)(C)C)C1CCC1. The molecule has 0 spiro atoms. The lowest BCUT2D eigenvalue weighted by Gasteiger charge is -2.42. The molecule has 3 rings (SSSR count). The van der Waals surface area contributed by atoms with Crippen molar-refractivity contribution in [1.29, 1.82) is 0 Å². The Kier molecular flexibility index (Phi) is 8.04. The van der Waals surface area contributed by atoms with Crippen molar-refractivity contribution in [3.63, 3.8) is 0 Å². The number of ether oxygens (including phenoxy) is 1. The van der Waals surface area contributed by atoms with Crippen LogP contribution in [0.25, 0.3) is 0 Å². The van der Waals surface area contributed by atoms with Gasteiger partial charge in [0.1, 0.15) is 23.9 Å². The summed E-state index contributed by atoms with van der Waals surface area (Å²) in [6.07, 6.45) is 1.69. The van der Waals surface area contributed by atoms with E-state index in [2.05, 4.69) is 10.6 Å². The van der Waals surface area contributed by atoms with Crippen molar-refractivity contribution in [3.05, 3.63) is 59.2 Å². The van der Waals surface area contributed by atoms with E-state index >= 15 is 0 Å². The van der Waals surface area contributed by atoms with Gasteiger partial charge in [0.25, 0.3) is 5.91 Å². The monoisotopic (exact) mass is 481 g/mol. The quantitative estimate of drug-likeness (QED) is 0.536. The Morgan fingerprint density at radius 2 is 1.69 bits per heavy atom. The lowest BCUT2D eigenvalue weighted by atomic mass is 9.88. The molecule has 1 aliphatic rings. The minimum atomic E-state index is -1.08. The van der Waals surface area contributed by atoms with E-state index < -0.39 is 29.6 Å². The highest BCUT2D eigenvalue weighted by molar-refractivity contribution is 5.99. The molecule has 8 nitrogen and oxygen atoms in total. The van der Waals surface area contributed by atoms with E-state index in [9.17, 15) is 19.5 Å². The third-order valence-electron chi connectivity index (χ3n) is 6.03. The highest BCUT2D eigenvalue weighted by Gasteiger charge is 2.40. The van der Waals surface area contributed by atoms with Crippen molar-refractivity contribution in [2.75, 3.05) is 11.9 Å². The van der Waals surface area contributed by atoms with Crippen molar-refractivity contribution >= 4 is 23.6 Å². The first-order chi connectivity index (χ1) is 16.5. The van der Waals surface area contributed by atoms with Gasteiger partial charge in [-0.15, -0.1) is 0 Å². The molecule has 1 unspecified atom stereocenters. The van der Waals surface area contributed by atoms with Gasteiger partial charge in [-0.05, 0) is 71.1 Å². The smallest absolute Gasteiger partial charge is 0.408 e. The number of nitrogens with zero attached hydrogens (tertiary/aromatic N) is 1. The number of hydrogen-bond acceptors (Lipinski definition) is 5. The number of phenols is 1. The number of benzene rings is 2. The van der Waals surface area contributed by atoms with Gasteiger partial charge < -0.3 is 25.4 Å². The van der Waals surface area contributed by atoms with Crippen molar-refractivity contribution < 1.29 is 24.2 Å². The average Bonchev–Trinajstić information content (AvgIpc) is 2.73. The normalized spacial score (nSPS) is 14.4. The zero-order valence-electron chi connectivity index (χ0n) is 21.1. The van der Waals surface area contributed by atoms with Gasteiger partial charge in [0.15, 0.2) is 0 Å². The minimum absolute atomic E-state index is 0.0774. The molecule has 0 aromatic heterocycles. The molecule has 35 heavy (non-hydrogen) atoms. The van der Waals surface area contributed by atoms with E-state index in [1.54, 1.807) is 39.0 Å². The first-order valence-corrected chi connectivity index (χ1v) is 11.9. The fourth-order valence-corrected chi connectivity index (χ4v) is 4.12. The molecule has 1 atom stereocenters. The Morgan fingerprint density at radius 1 is 1.06 bits per heavy atom. The van der Waals surface area contributed by atoms with Crippen LogP contribution in [0.1, 0.15) is 62.8 Å². The van der Waals surface area contributed by atoms with Crippen molar-refractivity contribution in [2.45, 2.75) is 71.6 Å². The lowest BCUT2D eigenvalue weighted by molar-refractivity contribution is -0.143. The summed E-state index contributed by atoms with van der Waals surface area (Å²) in [6, 6.07) is 11.0. The van der Waals surface area contributed by atoms with Crippen LogP contribution in [0.3, 0.4) is 0 Å². The van der Waals surface area contributed by atoms with Gasteiger partial charge in [0, 0.05) is 17.3 Å². The van der Waals surface area contributed by atoms with Crippen LogP contribution in [0.2, 0.25) is 0 Å². The zero-order chi connectivity index (χ0) is 25.8. The maximum Gasteiger partial charge on any atom is 0.408 e. The van der Waals surface area contributed by atoms with Crippen LogP contribution in [0.15, 0.2) is 42.5 Å². The molecule has 1 saturated carbocycles. The molecule has 188 valence electrons. The predicted molar refractivity (Wildman–Crippen MR) is 134 cm³/mol. The molecule has 0 heterocycles. The Bertz CT molecular complexity index is 1070. The maximum absolute atomic E-state index is 13.8. The minimum Gasteiger partial charge on any atom is -0.508 e. The molecule has 0 radical (unpaired) electrons. The zero-order valence-corrected chi connectivity index (χ0v) is 21.1. The number of aromatic hydroxyl groups is 1. The van der Waals surface area contributed by atoms with Crippen LogP contribution in [0.5, 0.6) is 5.75 Å². The Labute approximate surface area is 206 Å². The molecule has 0 saturated heterocycles. The summed E-state index contributed by atoms with van der Waals surface area (Å²) in [7, 11) is 0. The molecule has 8 heteroatoms. The second-order valence-electron chi connectivity index (χ2n) is 9.96. The summed E-state index contributed by atoms with van der Waals surface area (Å²) in [5.41, 5.74) is 2.08. The Balaban J connectivity index is 1.94. The van der Waals surface area contributed by atoms with Crippen LogP contribution in [0.4, 0.5) is 10.5 Å². The third-order valence-corrected chi connectivity index (χ3v) is 6.03. The lowest BCUT2D eigenvalue weighted by Crippen LogP contribution is -2.53. The highest BCUT2D eigenvalue weighted by atomic mass is 16.6. The first-order valence-electron chi connectivity index (χ1n) is 11.9. The van der Waals surface area contributed by atoms with E-state index in [4.69, 9.17) is 4.74 Å². The fraction of sp³-hybridized carbons (Fsp3) is 0.444. The van der Waals surface area contributed by atoms with Crippen LogP contribution in [0, 0.1) is 13.8 Å².